The van der Waals surface area contributed by atoms with E-state index in [-0.39, 0.29) is 17.6 Å². The van der Waals surface area contributed by atoms with Gasteiger partial charge in [-0.25, -0.2) is 14.2 Å². The van der Waals surface area contributed by atoms with Crippen LogP contribution in [0.3, 0.4) is 0 Å². The Bertz CT molecular complexity index is 1340. The monoisotopic (exact) mass is 418 g/mol. The average Bonchev–Trinajstić information content (AvgIpc) is 3.38. The number of aromatic nitrogens is 2. The third-order valence-corrected chi connectivity index (χ3v) is 5.95. The number of hydrogen-bond acceptors (Lipinski definition) is 5. The van der Waals surface area contributed by atoms with E-state index in [1.165, 1.54) is 4.57 Å². The summed E-state index contributed by atoms with van der Waals surface area (Å²) in [5.41, 5.74) is 0.449. The van der Waals surface area contributed by atoms with E-state index >= 15 is 0 Å². The van der Waals surface area contributed by atoms with Gasteiger partial charge >= 0.3 is 11.8 Å². The van der Waals surface area contributed by atoms with Gasteiger partial charge in [-0.2, -0.15) is 5.26 Å². The summed E-state index contributed by atoms with van der Waals surface area (Å²) < 4.78 is 8.38. The highest BCUT2D eigenvalue weighted by Gasteiger charge is 2.50. The standard InChI is InChI=1S/C23H22N4O4/c1-23(2,3)31-22(30)25-12-14-10-18(25)19-20(28)27(21(29)26(14)19)17-9-8-13(11-24)15-6-4-5-7-16(15)17/h4-9,14,18,28H,10,12H2,1-3H3/t14-,18?/m0/s1. The topological polar surface area (TPSA) is 100 Å². The molecule has 1 fully saturated rings. The highest BCUT2D eigenvalue weighted by molar-refractivity contribution is 5.94. The molecule has 31 heavy (non-hydrogen) atoms. The Labute approximate surface area is 178 Å². The van der Waals surface area contributed by atoms with E-state index in [0.29, 0.717) is 40.7 Å². The zero-order valence-electron chi connectivity index (χ0n) is 17.5. The van der Waals surface area contributed by atoms with Crippen LogP contribution >= 0.6 is 0 Å². The normalized spacial score (nSPS) is 19.5. The summed E-state index contributed by atoms with van der Waals surface area (Å²) in [6, 6.07) is 12.1. The number of nitriles is 1. The molecule has 2 bridgehead atoms. The molecule has 2 atom stereocenters. The second-order valence-corrected chi connectivity index (χ2v) is 9.02. The lowest BCUT2D eigenvalue weighted by atomic mass is 10.0. The molecule has 0 aliphatic carbocycles. The largest absolute Gasteiger partial charge is 0.493 e. The van der Waals surface area contributed by atoms with Gasteiger partial charge in [-0.1, -0.05) is 24.3 Å². The Kier molecular flexibility index (Phi) is 3.96. The molecular formula is C23H22N4O4. The Hall–Kier alpha value is -3.73. The number of imidazole rings is 1. The van der Waals surface area contributed by atoms with E-state index in [1.807, 2.05) is 24.3 Å². The number of rotatable bonds is 1. The number of fused-ring (bicyclic) bond motifs is 6. The first-order chi connectivity index (χ1) is 14.7. The molecule has 2 aliphatic rings. The van der Waals surface area contributed by atoms with Crippen molar-refractivity contribution in [2.45, 2.75) is 44.9 Å². The lowest BCUT2D eigenvalue weighted by Crippen LogP contribution is -2.40. The second-order valence-electron chi connectivity index (χ2n) is 9.02. The van der Waals surface area contributed by atoms with Crippen LogP contribution in [0.2, 0.25) is 0 Å². The molecule has 2 aliphatic heterocycles. The first-order valence-electron chi connectivity index (χ1n) is 10.2. The first-order valence-corrected chi connectivity index (χ1v) is 10.2. The molecule has 0 spiro atoms. The number of likely N-dealkylation sites (tertiary alicyclic amines) is 1. The Balaban J connectivity index is 1.64. The summed E-state index contributed by atoms with van der Waals surface area (Å²) in [4.78, 5) is 27.6. The number of ether oxygens (including phenoxy) is 1. The summed E-state index contributed by atoms with van der Waals surface area (Å²) >= 11 is 0. The van der Waals surface area contributed by atoms with Crippen LogP contribution < -0.4 is 5.69 Å². The minimum absolute atomic E-state index is 0.180. The van der Waals surface area contributed by atoms with E-state index in [9.17, 15) is 20.0 Å². The second kappa shape index (κ2) is 6.38. The number of aromatic hydroxyl groups is 1. The Morgan fingerprint density at radius 3 is 2.58 bits per heavy atom. The van der Waals surface area contributed by atoms with Crippen LogP contribution in [0.25, 0.3) is 16.5 Å². The first kappa shape index (κ1) is 19.2. The molecule has 158 valence electrons. The number of benzene rings is 2. The van der Waals surface area contributed by atoms with Crippen molar-refractivity contribution >= 4 is 16.9 Å². The predicted octanol–water partition coefficient (Wildman–Crippen LogP) is 3.61. The molecule has 1 aromatic heterocycles. The quantitative estimate of drug-likeness (QED) is 0.651. The van der Waals surface area contributed by atoms with Crippen LogP contribution in [0.15, 0.2) is 41.2 Å². The molecular weight excluding hydrogens is 396 g/mol. The maximum Gasteiger partial charge on any atom is 0.410 e. The third kappa shape index (κ3) is 2.73. The van der Waals surface area contributed by atoms with Gasteiger partial charge in [0.05, 0.1) is 29.4 Å². The molecule has 5 rings (SSSR count). The molecule has 1 unspecified atom stereocenters. The Morgan fingerprint density at radius 1 is 1.19 bits per heavy atom. The maximum absolute atomic E-state index is 13.3. The number of carbonyl (C=O) groups excluding carboxylic acids is 1. The van der Waals surface area contributed by atoms with Gasteiger partial charge in [0.1, 0.15) is 11.3 Å². The minimum Gasteiger partial charge on any atom is -0.493 e. The number of hydrogen-bond donors (Lipinski definition) is 1. The number of nitrogens with zero attached hydrogens (tertiary/aromatic N) is 4. The average molecular weight is 418 g/mol. The van der Waals surface area contributed by atoms with E-state index in [0.717, 1.165) is 0 Å². The molecule has 8 heteroatoms. The zero-order chi connectivity index (χ0) is 22.1. The summed E-state index contributed by atoms with van der Waals surface area (Å²) in [7, 11) is 0. The third-order valence-electron chi connectivity index (χ3n) is 5.95. The van der Waals surface area contributed by atoms with E-state index < -0.39 is 17.7 Å². The van der Waals surface area contributed by atoms with Crippen molar-refractivity contribution < 1.29 is 14.6 Å². The van der Waals surface area contributed by atoms with Crippen LogP contribution in [0.4, 0.5) is 4.79 Å². The lowest BCUT2D eigenvalue weighted by Gasteiger charge is -2.30. The van der Waals surface area contributed by atoms with Crippen molar-refractivity contribution in [3.63, 3.8) is 0 Å². The molecule has 0 saturated carbocycles. The predicted molar refractivity (Wildman–Crippen MR) is 113 cm³/mol. The molecule has 1 N–H and O–H groups in total. The van der Waals surface area contributed by atoms with E-state index in [1.54, 1.807) is 42.4 Å². The van der Waals surface area contributed by atoms with Crippen molar-refractivity contribution in [2.75, 3.05) is 6.54 Å². The summed E-state index contributed by atoms with van der Waals surface area (Å²) in [5, 5.41) is 21.9. The molecule has 2 aromatic carbocycles. The van der Waals surface area contributed by atoms with Crippen LogP contribution in [-0.4, -0.2) is 37.4 Å². The summed E-state index contributed by atoms with van der Waals surface area (Å²) in [6.45, 7) is 5.78. The zero-order valence-corrected chi connectivity index (χ0v) is 17.5. The summed E-state index contributed by atoms with van der Waals surface area (Å²) in [5.74, 6) is -0.180. The molecule has 0 radical (unpaired) electrons. The van der Waals surface area contributed by atoms with Gasteiger partial charge in [-0.3, -0.25) is 9.47 Å². The van der Waals surface area contributed by atoms with Crippen LogP contribution in [0.1, 0.15) is 50.5 Å². The molecule has 1 amide bonds. The number of amides is 1. The van der Waals surface area contributed by atoms with Gasteiger partial charge in [0.15, 0.2) is 0 Å². The lowest BCUT2D eigenvalue weighted by molar-refractivity contribution is 0.0198. The molecule has 8 nitrogen and oxygen atoms in total. The smallest absolute Gasteiger partial charge is 0.410 e. The van der Waals surface area contributed by atoms with Crippen LogP contribution in [-0.2, 0) is 4.74 Å². The van der Waals surface area contributed by atoms with Crippen molar-refractivity contribution in [1.82, 2.24) is 14.0 Å². The fourth-order valence-electron chi connectivity index (χ4n) is 4.76. The van der Waals surface area contributed by atoms with E-state index in [2.05, 4.69) is 6.07 Å². The minimum atomic E-state index is -0.631. The van der Waals surface area contributed by atoms with Crippen molar-refractivity contribution in [2.24, 2.45) is 0 Å². The van der Waals surface area contributed by atoms with Crippen molar-refractivity contribution in [1.29, 1.82) is 5.26 Å². The molecule has 3 aromatic rings. The molecule has 1 saturated heterocycles. The van der Waals surface area contributed by atoms with Crippen molar-refractivity contribution in [3.8, 4) is 17.6 Å². The van der Waals surface area contributed by atoms with E-state index in [4.69, 9.17) is 4.74 Å². The fourth-order valence-corrected chi connectivity index (χ4v) is 4.76. The fraction of sp³-hybridized carbons (Fsp3) is 0.348. The van der Waals surface area contributed by atoms with Gasteiger partial charge in [-0.05, 0) is 39.3 Å². The van der Waals surface area contributed by atoms with Gasteiger partial charge in [-0.15, -0.1) is 0 Å². The highest BCUT2D eigenvalue weighted by atomic mass is 16.6. The van der Waals surface area contributed by atoms with Crippen LogP contribution in [0.5, 0.6) is 5.88 Å². The van der Waals surface area contributed by atoms with Gasteiger partial charge in [0.2, 0.25) is 5.88 Å². The van der Waals surface area contributed by atoms with Crippen LogP contribution in [0, 0.1) is 11.3 Å². The SMILES string of the molecule is CC(C)(C)OC(=O)N1C[C@@H]2CC1c1c(O)n(-c3ccc(C#N)c4ccccc34)c(=O)n12. The van der Waals surface area contributed by atoms with Gasteiger partial charge < -0.3 is 9.84 Å². The Morgan fingerprint density at radius 2 is 1.90 bits per heavy atom. The maximum atomic E-state index is 13.3. The van der Waals surface area contributed by atoms with Gasteiger partial charge in [0, 0.05) is 17.3 Å². The highest BCUT2D eigenvalue weighted by Crippen LogP contribution is 2.49. The van der Waals surface area contributed by atoms with Gasteiger partial charge in [0.25, 0.3) is 0 Å². The number of carbonyl (C=O) groups is 1. The summed E-state index contributed by atoms with van der Waals surface area (Å²) in [6.07, 6.45) is 0.126. The molecule has 3 heterocycles. The van der Waals surface area contributed by atoms with Crippen molar-refractivity contribution in [3.05, 3.63) is 58.1 Å².